The van der Waals surface area contributed by atoms with Gasteiger partial charge in [0.25, 0.3) is 0 Å². The Labute approximate surface area is 176 Å². The van der Waals surface area contributed by atoms with Crippen LogP contribution in [0.1, 0.15) is 13.8 Å². The molecule has 1 amide bonds. The first-order chi connectivity index (χ1) is 13.8. The number of hydrogen-bond acceptors (Lipinski definition) is 6. The van der Waals surface area contributed by atoms with E-state index < -0.39 is 10.0 Å². The fourth-order valence-corrected chi connectivity index (χ4v) is 3.96. The third-order valence-electron chi connectivity index (χ3n) is 3.98. The maximum atomic E-state index is 12.6. The van der Waals surface area contributed by atoms with Crippen molar-refractivity contribution in [3.8, 4) is 11.5 Å². The summed E-state index contributed by atoms with van der Waals surface area (Å²) in [7, 11) is -2.22. The summed E-state index contributed by atoms with van der Waals surface area (Å²) in [5.41, 5.74) is 0.476. The summed E-state index contributed by atoms with van der Waals surface area (Å²) in [4.78, 5) is 12.9. The van der Waals surface area contributed by atoms with Gasteiger partial charge in [-0.2, -0.15) is 0 Å². The molecule has 2 rings (SSSR count). The summed E-state index contributed by atoms with van der Waals surface area (Å²) in [6, 6.07) is 11.8. The molecular formula is C20H26N2O5S2. The Morgan fingerprint density at radius 3 is 2.45 bits per heavy atom. The molecule has 0 aliphatic carbocycles. The van der Waals surface area contributed by atoms with Crippen molar-refractivity contribution in [1.29, 1.82) is 0 Å². The van der Waals surface area contributed by atoms with Crippen LogP contribution < -0.4 is 19.5 Å². The summed E-state index contributed by atoms with van der Waals surface area (Å²) < 4.78 is 38.5. The van der Waals surface area contributed by atoms with Gasteiger partial charge in [0.05, 0.1) is 17.7 Å². The molecule has 0 spiro atoms. The zero-order chi connectivity index (χ0) is 21.4. The molecule has 158 valence electrons. The number of carbonyl (C=O) groups is 1. The highest BCUT2D eigenvalue weighted by atomic mass is 32.2. The number of anilines is 1. The Hall–Kier alpha value is -2.23. The Bertz CT molecular complexity index is 946. The van der Waals surface area contributed by atoms with Gasteiger partial charge in [0.15, 0.2) is 11.5 Å². The minimum absolute atomic E-state index is 0.0756. The van der Waals surface area contributed by atoms with Crippen molar-refractivity contribution in [2.75, 3.05) is 31.8 Å². The molecule has 29 heavy (non-hydrogen) atoms. The third-order valence-corrected chi connectivity index (χ3v) is 6.24. The molecule has 2 aromatic carbocycles. The van der Waals surface area contributed by atoms with Gasteiger partial charge in [-0.1, -0.05) is 26.0 Å². The molecule has 0 fully saturated rings. The molecule has 0 heterocycles. The van der Waals surface area contributed by atoms with Crippen LogP contribution >= 0.6 is 11.8 Å². The van der Waals surface area contributed by atoms with Crippen molar-refractivity contribution in [2.45, 2.75) is 23.6 Å². The number of rotatable bonds is 10. The minimum Gasteiger partial charge on any atom is -0.493 e. The number of ether oxygens (including phenoxy) is 2. The van der Waals surface area contributed by atoms with Crippen molar-refractivity contribution in [3.63, 3.8) is 0 Å². The number of methoxy groups -OCH3 is 1. The Morgan fingerprint density at radius 1 is 1.14 bits per heavy atom. The fourth-order valence-electron chi connectivity index (χ4n) is 2.39. The molecule has 7 nitrogen and oxygen atoms in total. The summed E-state index contributed by atoms with van der Waals surface area (Å²) >= 11 is 1.43. The van der Waals surface area contributed by atoms with E-state index in [1.165, 1.54) is 23.9 Å². The zero-order valence-corrected chi connectivity index (χ0v) is 18.5. The number of amides is 1. The Morgan fingerprint density at radius 2 is 1.83 bits per heavy atom. The standard InChI is InChI=1S/C20H26N2O5S2/c1-14(2)20(23)22-16-13-15(9-10-19(16)28-4)29(24,25)21-11-12-27-18-8-6-5-7-17(18)26-3/h5-10,13-14,21H,11-12H2,1-4H3,(H,22,23). The van der Waals surface area contributed by atoms with Crippen LogP contribution in [0.25, 0.3) is 0 Å². The number of sulfonamides is 1. The lowest BCUT2D eigenvalue weighted by atomic mass is 10.2. The molecule has 0 radical (unpaired) electrons. The molecule has 0 unspecified atom stereocenters. The SMILES string of the molecule is COc1ccccc1OCCNS(=O)(=O)c1ccc(SC)c(NC(=O)C(C)C)c1. The van der Waals surface area contributed by atoms with Gasteiger partial charge in [0.1, 0.15) is 6.61 Å². The third kappa shape index (κ3) is 6.38. The Kier molecular flexibility index (Phi) is 8.36. The first kappa shape index (κ1) is 23.1. The first-order valence-electron chi connectivity index (χ1n) is 9.03. The van der Waals surface area contributed by atoms with Crippen LogP contribution in [-0.4, -0.2) is 40.8 Å². The van der Waals surface area contributed by atoms with Gasteiger partial charge in [-0.15, -0.1) is 11.8 Å². The molecular weight excluding hydrogens is 412 g/mol. The van der Waals surface area contributed by atoms with E-state index in [4.69, 9.17) is 9.47 Å². The smallest absolute Gasteiger partial charge is 0.240 e. The van der Waals surface area contributed by atoms with Gasteiger partial charge >= 0.3 is 0 Å². The lowest BCUT2D eigenvalue weighted by Crippen LogP contribution is -2.28. The molecule has 2 aromatic rings. The average Bonchev–Trinajstić information content (AvgIpc) is 2.71. The number of benzene rings is 2. The second-order valence-corrected chi connectivity index (χ2v) is 9.02. The normalized spacial score (nSPS) is 11.3. The van der Waals surface area contributed by atoms with Gasteiger partial charge < -0.3 is 14.8 Å². The molecule has 0 aliphatic rings. The number of hydrogen-bond donors (Lipinski definition) is 2. The highest BCUT2D eigenvalue weighted by Gasteiger charge is 2.17. The number of nitrogens with one attached hydrogen (secondary N) is 2. The first-order valence-corrected chi connectivity index (χ1v) is 11.7. The quantitative estimate of drug-likeness (QED) is 0.436. The van der Waals surface area contributed by atoms with Crippen LogP contribution in [0.15, 0.2) is 52.3 Å². The summed E-state index contributed by atoms with van der Waals surface area (Å²) in [5, 5.41) is 2.78. The highest BCUT2D eigenvalue weighted by Crippen LogP contribution is 2.29. The summed E-state index contributed by atoms with van der Waals surface area (Å²) in [6.45, 7) is 3.77. The number of para-hydroxylation sites is 2. The van der Waals surface area contributed by atoms with E-state index in [9.17, 15) is 13.2 Å². The van der Waals surface area contributed by atoms with E-state index >= 15 is 0 Å². The predicted octanol–water partition coefficient (Wildman–Crippen LogP) is 3.37. The fraction of sp³-hybridized carbons (Fsp3) is 0.350. The van der Waals surface area contributed by atoms with Crippen molar-refractivity contribution in [2.24, 2.45) is 5.92 Å². The lowest BCUT2D eigenvalue weighted by molar-refractivity contribution is -0.118. The van der Waals surface area contributed by atoms with Gasteiger partial charge in [-0.25, -0.2) is 13.1 Å². The molecule has 0 aliphatic heterocycles. The van der Waals surface area contributed by atoms with Crippen LogP contribution in [0.2, 0.25) is 0 Å². The monoisotopic (exact) mass is 438 g/mol. The van der Waals surface area contributed by atoms with Crippen molar-refractivity contribution in [1.82, 2.24) is 4.72 Å². The predicted molar refractivity (Wildman–Crippen MR) is 115 cm³/mol. The summed E-state index contributed by atoms with van der Waals surface area (Å²) in [5.74, 6) is 0.731. The highest BCUT2D eigenvalue weighted by molar-refractivity contribution is 7.98. The minimum atomic E-state index is -3.76. The molecule has 0 aromatic heterocycles. The van der Waals surface area contributed by atoms with Gasteiger partial charge in [0.2, 0.25) is 15.9 Å². The van der Waals surface area contributed by atoms with E-state index in [0.717, 1.165) is 4.90 Å². The van der Waals surface area contributed by atoms with Gasteiger partial charge in [0, 0.05) is 17.4 Å². The summed E-state index contributed by atoms with van der Waals surface area (Å²) in [6.07, 6.45) is 1.86. The van der Waals surface area contributed by atoms with Gasteiger partial charge in [-0.3, -0.25) is 4.79 Å². The maximum Gasteiger partial charge on any atom is 0.240 e. The molecule has 0 saturated carbocycles. The van der Waals surface area contributed by atoms with E-state index in [1.54, 1.807) is 39.2 Å². The zero-order valence-electron chi connectivity index (χ0n) is 16.9. The number of thioether (sulfide) groups is 1. The van der Waals surface area contributed by atoms with Crippen LogP contribution in [-0.2, 0) is 14.8 Å². The van der Waals surface area contributed by atoms with Crippen LogP contribution in [0.5, 0.6) is 11.5 Å². The van der Waals surface area contributed by atoms with E-state index in [2.05, 4.69) is 10.0 Å². The van der Waals surface area contributed by atoms with Crippen molar-refractivity contribution >= 4 is 33.4 Å². The topological polar surface area (TPSA) is 93.7 Å². The second kappa shape index (κ2) is 10.5. The second-order valence-electron chi connectivity index (χ2n) is 6.40. The molecule has 2 N–H and O–H groups in total. The molecule has 9 heteroatoms. The largest absolute Gasteiger partial charge is 0.493 e. The van der Waals surface area contributed by atoms with Crippen molar-refractivity contribution < 1.29 is 22.7 Å². The van der Waals surface area contributed by atoms with Crippen LogP contribution in [0.3, 0.4) is 0 Å². The molecule has 0 bridgehead atoms. The Balaban J connectivity index is 2.05. The van der Waals surface area contributed by atoms with Crippen LogP contribution in [0.4, 0.5) is 5.69 Å². The van der Waals surface area contributed by atoms with Gasteiger partial charge in [-0.05, 0) is 36.6 Å². The van der Waals surface area contributed by atoms with Crippen molar-refractivity contribution in [3.05, 3.63) is 42.5 Å². The van der Waals surface area contributed by atoms with E-state index in [-0.39, 0.29) is 29.9 Å². The lowest BCUT2D eigenvalue weighted by Gasteiger charge is -2.14. The van der Waals surface area contributed by atoms with E-state index in [1.807, 2.05) is 18.4 Å². The average molecular weight is 439 g/mol. The molecule has 0 atom stereocenters. The van der Waals surface area contributed by atoms with E-state index in [0.29, 0.717) is 17.2 Å². The van der Waals surface area contributed by atoms with Crippen LogP contribution in [0, 0.1) is 5.92 Å². The maximum absolute atomic E-state index is 12.6. The molecule has 0 saturated heterocycles. The number of carbonyl (C=O) groups excluding carboxylic acids is 1.